The first-order valence-corrected chi connectivity index (χ1v) is 49.9. The molecular formula is C146H94O3. The largest absolute Gasteiger partial charge is 0.456 e. The second kappa shape index (κ2) is 33.4. The monoisotopic (exact) mass is 1920 g/mol. The van der Waals surface area contributed by atoms with Gasteiger partial charge in [-0.2, -0.15) is 0 Å². The molecule has 3 aromatic heterocycles. The summed E-state index contributed by atoms with van der Waals surface area (Å²) >= 11 is 0. The van der Waals surface area contributed by atoms with E-state index >= 15 is 0 Å². The number of fused-ring (bicyclic) bond motifs is 30. The normalized spacial score (nSPS) is 15.2. The minimum absolute atomic E-state index is 0.129. The van der Waals surface area contributed by atoms with Crippen molar-refractivity contribution in [2.24, 2.45) is 0 Å². The van der Waals surface area contributed by atoms with Crippen LogP contribution in [0.15, 0.2) is 510 Å². The van der Waals surface area contributed by atoms with Crippen LogP contribution in [0.4, 0.5) is 0 Å². The van der Waals surface area contributed by atoms with E-state index in [-0.39, 0.29) is 148 Å². The fraction of sp³-hybridized carbons (Fsp3) is 0.0411. The van der Waals surface area contributed by atoms with Crippen molar-refractivity contribution in [3.05, 3.63) is 519 Å². The Labute approximate surface area is 894 Å². The summed E-state index contributed by atoms with van der Waals surface area (Å²) in [5, 5.41) is 16.9. The molecule has 0 aliphatic heterocycles. The van der Waals surface area contributed by atoms with E-state index in [1.54, 1.807) is 18.2 Å². The molecule has 3 heterocycles. The third-order valence-corrected chi connectivity index (χ3v) is 31.3. The molecular weight excluding hydrogens is 1800 g/mol. The van der Waals surface area contributed by atoms with Crippen molar-refractivity contribution in [2.45, 2.75) is 38.5 Å². The Kier molecular flexibility index (Phi) is 14.5. The van der Waals surface area contributed by atoms with Crippen molar-refractivity contribution in [1.29, 1.82) is 0 Å². The number of benzene rings is 27. The summed E-state index contributed by atoms with van der Waals surface area (Å²) in [5.74, 6) is 0. The van der Waals surface area contributed by atoms with Crippen molar-refractivity contribution in [3.63, 3.8) is 0 Å². The number of rotatable bonds is 8. The predicted octanol–water partition coefficient (Wildman–Crippen LogP) is 41.4. The Morgan fingerprint density at radius 1 is 0.154 bits per heavy atom. The van der Waals surface area contributed by atoms with Gasteiger partial charge in [-0.15, -0.1) is 0 Å². The van der Waals surface area contributed by atoms with E-state index in [9.17, 15) is 16.4 Å². The van der Waals surface area contributed by atoms with E-state index in [1.807, 2.05) is 249 Å². The van der Waals surface area contributed by atoms with Crippen LogP contribution in [0.3, 0.4) is 0 Å². The second-order valence-electron chi connectivity index (χ2n) is 39.9. The molecule has 30 aromatic rings. The highest BCUT2D eigenvalue weighted by Gasteiger charge is 2.38. The minimum atomic E-state index is -0.434. The third kappa shape index (κ3) is 13.3. The maximum Gasteiger partial charge on any atom is 0.136 e. The lowest BCUT2D eigenvalue weighted by Crippen LogP contribution is -2.14. The van der Waals surface area contributed by atoms with Gasteiger partial charge in [0.15, 0.2) is 0 Å². The van der Waals surface area contributed by atoms with Crippen LogP contribution in [-0.4, -0.2) is 0 Å². The fourth-order valence-electron chi connectivity index (χ4n) is 24.4. The molecule has 3 nitrogen and oxygen atoms in total. The lowest BCUT2D eigenvalue weighted by Gasteiger charge is -2.21. The molecule has 0 radical (unpaired) electrons. The molecule has 0 saturated carbocycles. The van der Waals surface area contributed by atoms with Crippen molar-refractivity contribution in [2.75, 3.05) is 0 Å². The molecule has 3 heteroatoms. The number of hydrogen-bond acceptors (Lipinski definition) is 3. The van der Waals surface area contributed by atoms with Gasteiger partial charge in [0.1, 0.15) is 33.5 Å². The maximum absolute atomic E-state index is 9.48. The maximum atomic E-state index is 9.48. The summed E-state index contributed by atoms with van der Waals surface area (Å²) in [6.07, 6.45) is 0. The molecule has 0 fully saturated rings. The van der Waals surface area contributed by atoms with Gasteiger partial charge in [0.05, 0.1) is 32.9 Å². The van der Waals surface area contributed by atoms with Gasteiger partial charge in [-0.25, -0.2) is 0 Å². The Bertz CT molecular complexity index is 12300. The highest BCUT2D eigenvalue weighted by molar-refractivity contribution is 6.30. The van der Waals surface area contributed by atoms with Gasteiger partial charge in [0.25, 0.3) is 0 Å². The van der Waals surface area contributed by atoms with E-state index in [2.05, 4.69) is 113 Å². The van der Waals surface area contributed by atoms with Crippen LogP contribution in [0.5, 0.6) is 0 Å². The lowest BCUT2D eigenvalue weighted by molar-refractivity contribution is 0.660. The minimum Gasteiger partial charge on any atom is -0.456 e. The third-order valence-electron chi connectivity index (χ3n) is 31.3. The second-order valence-corrected chi connectivity index (χ2v) is 39.9. The Balaban J connectivity index is 0.000000114. The molecule has 2 aliphatic carbocycles. The first kappa shape index (κ1) is 64.8. The Morgan fingerprint density at radius 3 is 0.812 bits per heavy atom. The smallest absolute Gasteiger partial charge is 0.136 e. The standard InChI is InChI=1S/2C51H34O.C44H26O/c1-51(2)44-21-10-9-16-37(44)42-29-33(22-25-45(42)51)32-13-11-14-34(28-32)48-38-17-5-7-19-40(38)49(41-20-8-6-18-39(41)48)35-24-26-46-43(30-35)50-36-15-4-3-12-31(36)23-27-47(50)52-46;1-51(2)44-18-10-9-13-37(44)42-29-34(23-26-45(42)51)31-19-21-33(22-20-31)48-38-14-5-7-16-40(38)49(41-17-8-6-15-39(41)48)35-25-27-46-43(30-35)50-36-12-4-3-11-32(36)24-28-47(50)52-46;1-3-12-30-27(10-1)20-23-33-32(30)18-9-19-34(33)43-37-16-7-5-14-35(37)42(36-15-6-8-17-38(36)43)29-22-24-40-39(26-29)44-31-13-4-2-11-28(31)21-25-41(44)45-40/h2*3-30H,1-2H3;1-26H/i5D,6D,7D,8D,17D,18D,19D,20D;2*5D,6D,7D,8D,14D,15D,16D,17D. The zero-order valence-corrected chi connectivity index (χ0v) is 80.7. The van der Waals surface area contributed by atoms with Crippen molar-refractivity contribution >= 4 is 184 Å². The first-order valence-electron chi connectivity index (χ1n) is 61.9. The van der Waals surface area contributed by atoms with E-state index in [1.165, 1.54) is 38.9 Å². The average Bonchev–Trinajstić information content (AvgIpc) is 0.941. The Hall–Kier alpha value is -18.8. The first-order chi connectivity index (χ1) is 83.4. The van der Waals surface area contributed by atoms with E-state index in [0.29, 0.717) is 100 Å². The van der Waals surface area contributed by atoms with Gasteiger partial charge in [-0.3, -0.25) is 0 Å². The molecule has 0 N–H and O–H groups in total. The SMILES string of the molecule is [2H]c1c([2H])c([2H])c2c(-c3ccc4oc5ccc6ccccc6c5c4c3)c3c([2H])c([2H])c([2H])c([2H])c3c(-c3ccc(-c4ccc5c(c4)-c4ccccc4C5(C)C)cc3)c2c1[2H].[2H]c1c([2H])c([2H])c2c(-c3ccc4oc5ccc6ccccc6c5c4c3)c3c([2H])c([2H])c([2H])c([2H])c3c(-c3cccc(-c4ccc5c(c4)-c4ccccc4C5(C)C)c3)c2c1[2H].[2H]c1c([2H])c([2H])c2c(-c3cccc4c3ccc3ccccc34)c3c([2H])c([2H])c([2H])c([2H])c3c(-c3ccc4oc5ccc6ccccc6c5c4c3)c2c1[2H]. The van der Waals surface area contributed by atoms with Gasteiger partial charge >= 0.3 is 0 Å². The van der Waals surface area contributed by atoms with Gasteiger partial charge in [0.2, 0.25) is 0 Å². The molecule has 696 valence electrons. The van der Waals surface area contributed by atoms with Crippen molar-refractivity contribution in [1.82, 2.24) is 0 Å². The van der Waals surface area contributed by atoms with Crippen LogP contribution >= 0.6 is 0 Å². The number of hydrogen-bond donors (Lipinski definition) is 0. The molecule has 0 saturated heterocycles. The average molecular weight is 1920 g/mol. The van der Waals surface area contributed by atoms with Crippen LogP contribution < -0.4 is 0 Å². The zero-order chi connectivity index (χ0) is 119. The Morgan fingerprint density at radius 2 is 0.416 bits per heavy atom. The van der Waals surface area contributed by atoms with Crippen LogP contribution in [0.1, 0.15) is 82.8 Å². The van der Waals surface area contributed by atoms with Crippen molar-refractivity contribution < 1.29 is 46.1 Å². The topological polar surface area (TPSA) is 39.4 Å². The molecule has 0 bridgehead atoms. The highest BCUT2D eigenvalue weighted by atomic mass is 16.3. The van der Waals surface area contributed by atoms with Gasteiger partial charge in [-0.1, -0.05) is 452 Å². The van der Waals surface area contributed by atoms with E-state index in [0.717, 1.165) is 114 Å². The number of furan rings is 3. The van der Waals surface area contributed by atoms with E-state index < -0.39 is 72.5 Å². The summed E-state index contributed by atoms with van der Waals surface area (Å²) in [4.78, 5) is 0. The molecule has 0 amide bonds. The van der Waals surface area contributed by atoms with E-state index in [4.69, 9.17) is 29.7 Å². The van der Waals surface area contributed by atoms with Gasteiger partial charge in [0, 0.05) is 43.1 Å². The summed E-state index contributed by atoms with van der Waals surface area (Å²) in [6, 6.07) is 107. The molecule has 2 aliphatic rings. The molecule has 0 spiro atoms. The lowest BCUT2D eigenvalue weighted by atomic mass is 9.82. The summed E-state index contributed by atoms with van der Waals surface area (Å²) in [5.41, 5.74) is 22.4. The fourth-order valence-corrected chi connectivity index (χ4v) is 24.4. The van der Waals surface area contributed by atoms with Crippen LogP contribution in [0, 0.1) is 0 Å². The van der Waals surface area contributed by atoms with Crippen LogP contribution in [0.2, 0.25) is 0 Å². The van der Waals surface area contributed by atoms with Crippen molar-refractivity contribution in [3.8, 4) is 111 Å². The molecule has 0 atom stereocenters. The molecule has 27 aromatic carbocycles. The summed E-state index contributed by atoms with van der Waals surface area (Å²) < 4.78 is 239. The highest BCUT2D eigenvalue weighted by Crippen LogP contribution is 2.56. The van der Waals surface area contributed by atoms with Crippen LogP contribution in [-0.2, 0) is 10.8 Å². The molecule has 149 heavy (non-hydrogen) atoms. The molecule has 0 unspecified atom stereocenters. The predicted molar refractivity (Wildman–Crippen MR) is 632 cm³/mol. The summed E-state index contributed by atoms with van der Waals surface area (Å²) in [6.45, 7) is 8.96. The summed E-state index contributed by atoms with van der Waals surface area (Å²) in [7, 11) is 0. The van der Waals surface area contributed by atoms with Gasteiger partial charge in [-0.05, 0) is 325 Å². The van der Waals surface area contributed by atoms with Crippen LogP contribution in [0.25, 0.3) is 296 Å². The quantitative estimate of drug-likeness (QED) is 0.112. The zero-order valence-electron chi connectivity index (χ0n) is 105. The van der Waals surface area contributed by atoms with Gasteiger partial charge < -0.3 is 13.3 Å². The molecule has 32 rings (SSSR count).